The normalized spacial score (nSPS) is 10.9. The first kappa shape index (κ1) is 27.0. The highest BCUT2D eigenvalue weighted by atomic mass is 16.5. The van der Waals surface area contributed by atoms with Crippen LogP contribution in [0, 0.1) is 0 Å². The average Bonchev–Trinajstić information content (AvgIpc) is 2.94. The number of hydrogen-bond acceptors (Lipinski definition) is 8. The molecule has 0 bridgehead atoms. The maximum absolute atomic E-state index is 12.7. The topological polar surface area (TPSA) is 84.5 Å². The van der Waals surface area contributed by atoms with Crippen molar-refractivity contribution in [2.45, 2.75) is 0 Å². The van der Waals surface area contributed by atoms with Gasteiger partial charge in [0.1, 0.15) is 5.75 Å². The maximum Gasteiger partial charge on any atom is 0.203 e. The third-order valence-corrected chi connectivity index (χ3v) is 5.50. The quantitative estimate of drug-likeness (QED) is 0.190. The van der Waals surface area contributed by atoms with Gasteiger partial charge >= 0.3 is 0 Å². The van der Waals surface area contributed by atoms with Gasteiger partial charge in [0.2, 0.25) is 5.75 Å². The van der Waals surface area contributed by atoms with Crippen LogP contribution in [0.3, 0.4) is 0 Å². The number of methoxy groups -OCH3 is 6. The Kier molecular flexibility index (Phi) is 9.43. The van der Waals surface area contributed by atoms with Crippen LogP contribution in [-0.2, 0) is 0 Å². The zero-order valence-electron chi connectivity index (χ0n) is 21.8. The molecule has 3 aromatic carbocycles. The lowest BCUT2D eigenvalue weighted by Gasteiger charge is -2.14. The number of carbonyl (C=O) groups excluding carboxylic acids is 1. The van der Waals surface area contributed by atoms with E-state index in [2.05, 4.69) is 5.32 Å². The number of allylic oxidation sites excluding steroid dienone is 1. The molecule has 8 heteroatoms. The first-order valence-corrected chi connectivity index (χ1v) is 11.3. The summed E-state index contributed by atoms with van der Waals surface area (Å²) in [7, 11) is 9.36. The summed E-state index contributed by atoms with van der Waals surface area (Å²) in [6, 6.07) is 14.5. The van der Waals surface area contributed by atoms with E-state index in [-0.39, 0.29) is 5.78 Å². The molecule has 0 aliphatic rings. The van der Waals surface area contributed by atoms with Crippen LogP contribution in [0.4, 0.5) is 5.69 Å². The van der Waals surface area contributed by atoms with E-state index in [1.54, 1.807) is 59.9 Å². The Bertz CT molecular complexity index is 1270. The average molecular weight is 506 g/mol. The van der Waals surface area contributed by atoms with E-state index < -0.39 is 0 Å². The van der Waals surface area contributed by atoms with Crippen molar-refractivity contribution in [1.29, 1.82) is 0 Å². The lowest BCUT2D eigenvalue weighted by atomic mass is 10.1. The van der Waals surface area contributed by atoms with Gasteiger partial charge in [0.15, 0.2) is 28.8 Å². The van der Waals surface area contributed by atoms with Crippen LogP contribution < -0.4 is 33.7 Å². The summed E-state index contributed by atoms with van der Waals surface area (Å²) in [5.41, 5.74) is 2.77. The smallest absolute Gasteiger partial charge is 0.203 e. The van der Waals surface area contributed by atoms with Crippen LogP contribution >= 0.6 is 0 Å². The molecule has 0 saturated carbocycles. The number of benzene rings is 3. The fourth-order valence-corrected chi connectivity index (χ4v) is 3.72. The molecule has 1 N–H and O–H groups in total. The molecule has 0 spiro atoms. The van der Waals surface area contributed by atoms with Crippen LogP contribution in [0.5, 0.6) is 34.5 Å². The predicted octanol–water partition coefficient (Wildman–Crippen LogP) is 5.72. The van der Waals surface area contributed by atoms with E-state index in [9.17, 15) is 4.79 Å². The summed E-state index contributed by atoms with van der Waals surface area (Å²) >= 11 is 0. The molecular weight excluding hydrogens is 474 g/mol. The molecule has 0 aliphatic carbocycles. The molecule has 0 aliphatic heterocycles. The van der Waals surface area contributed by atoms with Gasteiger partial charge in [0.05, 0.1) is 53.9 Å². The van der Waals surface area contributed by atoms with Gasteiger partial charge in [-0.2, -0.15) is 0 Å². The highest BCUT2D eigenvalue weighted by Gasteiger charge is 2.14. The molecule has 3 aromatic rings. The van der Waals surface area contributed by atoms with Gasteiger partial charge in [0.25, 0.3) is 0 Å². The Morgan fingerprint density at radius 2 is 1.16 bits per heavy atom. The molecular formula is C29H31NO7. The van der Waals surface area contributed by atoms with Gasteiger partial charge in [0, 0.05) is 12.3 Å². The third kappa shape index (κ3) is 6.35. The molecule has 0 amide bonds. The lowest BCUT2D eigenvalue weighted by molar-refractivity contribution is 0.104. The minimum atomic E-state index is -0.200. The van der Waals surface area contributed by atoms with Gasteiger partial charge in [-0.05, 0) is 47.5 Å². The van der Waals surface area contributed by atoms with Crippen molar-refractivity contribution in [2.75, 3.05) is 48.0 Å². The molecule has 8 nitrogen and oxygen atoms in total. The molecule has 37 heavy (non-hydrogen) atoms. The van der Waals surface area contributed by atoms with Gasteiger partial charge in [-0.3, -0.25) is 4.79 Å². The fourth-order valence-electron chi connectivity index (χ4n) is 3.72. The Balaban J connectivity index is 1.90. The first-order valence-electron chi connectivity index (χ1n) is 11.3. The Hall–Kier alpha value is -4.59. The van der Waals surface area contributed by atoms with Crippen molar-refractivity contribution in [2.24, 2.45) is 0 Å². The van der Waals surface area contributed by atoms with Crippen molar-refractivity contribution in [3.05, 3.63) is 77.5 Å². The van der Waals surface area contributed by atoms with Crippen molar-refractivity contribution < 1.29 is 33.2 Å². The molecule has 0 unspecified atom stereocenters. The largest absolute Gasteiger partial charge is 0.496 e. The monoisotopic (exact) mass is 505 g/mol. The number of anilines is 1. The van der Waals surface area contributed by atoms with E-state index >= 15 is 0 Å². The number of para-hydroxylation sites is 1. The second-order valence-corrected chi connectivity index (χ2v) is 7.64. The van der Waals surface area contributed by atoms with E-state index in [0.717, 1.165) is 11.1 Å². The van der Waals surface area contributed by atoms with Crippen molar-refractivity contribution in [3.63, 3.8) is 0 Å². The molecule has 0 radical (unpaired) electrons. The number of carbonyl (C=O) groups is 1. The highest BCUT2D eigenvalue weighted by Crippen LogP contribution is 2.40. The summed E-state index contributed by atoms with van der Waals surface area (Å²) in [5.74, 6) is 2.98. The number of ketones is 1. The molecule has 0 atom stereocenters. The predicted molar refractivity (Wildman–Crippen MR) is 145 cm³/mol. The van der Waals surface area contributed by atoms with Gasteiger partial charge < -0.3 is 33.7 Å². The molecule has 0 saturated heterocycles. The molecule has 0 heterocycles. The van der Waals surface area contributed by atoms with Crippen LogP contribution in [0.15, 0.2) is 60.8 Å². The molecule has 0 fully saturated rings. The second-order valence-electron chi connectivity index (χ2n) is 7.64. The standard InChI is InChI=1S/C29H31NO7/c1-32-24-10-8-7-9-21(24)23(31)13-14-30-22-15-19(16-25(33-2)28(22)36-5)11-12-20-17-26(34-3)29(37-6)27(18-20)35-4/h7-18,30H,1-6H3/b12-11-,14-13-. The summed E-state index contributed by atoms with van der Waals surface area (Å²) in [6.45, 7) is 0. The Morgan fingerprint density at radius 3 is 1.70 bits per heavy atom. The third-order valence-electron chi connectivity index (χ3n) is 5.50. The minimum absolute atomic E-state index is 0.200. The van der Waals surface area contributed by atoms with Crippen LogP contribution in [0.1, 0.15) is 21.5 Å². The van der Waals surface area contributed by atoms with Crippen molar-refractivity contribution in [3.8, 4) is 34.5 Å². The summed E-state index contributed by atoms with van der Waals surface area (Å²) in [5, 5.41) is 3.13. The summed E-state index contributed by atoms with van der Waals surface area (Å²) < 4.78 is 32.6. The number of hydrogen-bond donors (Lipinski definition) is 1. The van der Waals surface area contributed by atoms with Crippen molar-refractivity contribution >= 4 is 23.6 Å². The molecule has 0 aromatic heterocycles. The van der Waals surface area contributed by atoms with Gasteiger partial charge in [-0.25, -0.2) is 0 Å². The Labute approximate surface area is 217 Å². The lowest BCUT2D eigenvalue weighted by Crippen LogP contribution is -2.01. The molecule has 3 rings (SSSR count). The molecule has 194 valence electrons. The van der Waals surface area contributed by atoms with Gasteiger partial charge in [-0.15, -0.1) is 0 Å². The van der Waals surface area contributed by atoms with E-state index in [1.807, 2.05) is 42.5 Å². The van der Waals surface area contributed by atoms with Crippen LogP contribution in [0.25, 0.3) is 12.2 Å². The summed E-state index contributed by atoms with van der Waals surface area (Å²) in [4.78, 5) is 12.7. The van der Waals surface area contributed by atoms with Crippen LogP contribution in [-0.4, -0.2) is 48.4 Å². The SMILES string of the molecule is COc1ccccc1C(=O)/C=C\Nc1cc(/C=C\c2cc(OC)c(OC)c(OC)c2)cc(OC)c1OC. The van der Waals surface area contributed by atoms with Crippen molar-refractivity contribution in [1.82, 2.24) is 0 Å². The number of rotatable bonds is 12. The van der Waals surface area contributed by atoms with Crippen LogP contribution in [0.2, 0.25) is 0 Å². The first-order chi connectivity index (χ1) is 18.0. The fraction of sp³-hybridized carbons (Fsp3) is 0.207. The summed E-state index contributed by atoms with van der Waals surface area (Å²) in [6.07, 6.45) is 6.81. The number of ether oxygens (including phenoxy) is 6. The maximum atomic E-state index is 12.7. The minimum Gasteiger partial charge on any atom is -0.496 e. The van der Waals surface area contributed by atoms with E-state index in [4.69, 9.17) is 28.4 Å². The van der Waals surface area contributed by atoms with E-state index in [0.29, 0.717) is 45.7 Å². The van der Waals surface area contributed by atoms with E-state index in [1.165, 1.54) is 13.2 Å². The number of nitrogens with one attached hydrogen (secondary N) is 1. The zero-order valence-corrected chi connectivity index (χ0v) is 21.8. The van der Waals surface area contributed by atoms with Gasteiger partial charge in [-0.1, -0.05) is 24.3 Å². The highest BCUT2D eigenvalue weighted by molar-refractivity contribution is 6.06. The Morgan fingerprint density at radius 1 is 0.649 bits per heavy atom. The zero-order chi connectivity index (χ0) is 26.8. The second kappa shape index (κ2) is 12.9.